The molecule has 1 N–H and O–H groups in total. The largest absolute Gasteiger partial charge is 0.379 e. The number of hydrogen-bond donors (Lipinski definition) is 1. The fourth-order valence-electron chi connectivity index (χ4n) is 4.57. The number of carbonyl (C=O) groups is 1. The minimum absolute atomic E-state index is 0.0309. The molecule has 1 atom stereocenters. The zero-order chi connectivity index (χ0) is 23.8. The maximum Gasteiger partial charge on any atom is 0.261 e. The molecule has 2 aromatic carbocycles. The highest BCUT2D eigenvalue weighted by Gasteiger charge is 2.25. The first-order valence-corrected chi connectivity index (χ1v) is 11.7. The van der Waals surface area contributed by atoms with Crippen molar-refractivity contribution in [3.63, 3.8) is 0 Å². The number of carbonyl (C=O) groups excluding carboxylic acids is 1. The van der Waals surface area contributed by atoms with Crippen molar-refractivity contribution in [1.29, 1.82) is 0 Å². The van der Waals surface area contributed by atoms with Crippen LogP contribution in [0.15, 0.2) is 59.7 Å². The van der Waals surface area contributed by atoms with E-state index < -0.39 is 12.1 Å². The van der Waals surface area contributed by atoms with Crippen molar-refractivity contribution in [2.45, 2.75) is 26.2 Å². The molecule has 0 saturated carbocycles. The van der Waals surface area contributed by atoms with E-state index in [2.05, 4.69) is 11.0 Å². The van der Waals surface area contributed by atoms with Crippen molar-refractivity contribution in [1.82, 2.24) is 14.2 Å². The van der Waals surface area contributed by atoms with Crippen LogP contribution in [0.1, 0.15) is 28.4 Å². The van der Waals surface area contributed by atoms with Crippen LogP contribution in [0.3, 0.4) is 0 Å². The summed E-state index contributed by atoms with van der Waals surface area (Å²) in [6.07, 6.45) is 2.35. The molecule has 0 aliphatic carbocycles. The molecule has 2 aromatic heterocycles. The molecule has 1 aliphatic rings. The molecule has 176 valence electrons. The average molecular weight is 480 g/mol. The molecule has 1 fully saturated rings. The second kappa shape index (κ2) is 9.35. The number of aromatic nitrogens is 1. The quantitative estimate of drug-likeness (QED) is 0.429. The molecule has 1 aliphatic heterocycles. The van der Waals surface area contributed by atoms with Gasteiger partial charge in [0, 0.05) is 54.4 Å². The van der Waals surface area contributed by atoms with Gasteiger partial charge >= 0.3 is 0 Å². The number of benzene rings is 2. The van der Waals surface area contributed by atoms with Crippen LogP contribution >= 0.6 is 11.6 Å². The zero-order valence-corrected chi connectivity index (χ0v) is 19.7. The number of pyridine rings is 1. The molecule has 0 bridgehead atoms. The van der Waals surface area contributed by atoms with E-state index in [1.165, 1.54) is 11.8 Å². The van der Waals surface area contributed by atoms with Crippen LogP contribution < -0.4 is 5.43 Å². The van der Waals surface area contributed by atoms with E-state index in [1.54, 1.807) is 30.5 Å². The number of nitrogens with zero attached hydrogens (tertiary/aromatic N) is 3. The van der Waals surface area contributed by atoms with E-state index >= 15 is 0 Å². The maximum absolute atomic E-state index is 13.5. The van der Waals surface area contributed by atoms with E-state index in [9.17, 15) is 14.7 Å². The van der Waals surface area contributed by atoms with Crippen molar-refractivity contribution < 1.29 is 14.6 Å². The number of morpholine rings is 1. The smallest absolute Gasteiger partial charge is 0.261 e. The minimum atomic E-state index is -1.07. The molecule has 4 aromatic rings. The van der Waals surface area contributed by atoms with Gasteiger partial charge in [-0.2, -0.15) is 0 Å². The van der Waals surface area contributed by atoms with Gasteiger partial charge in [-0.1, -0.05) is 23.7 Å². The molecule has 0 unspecified atom stereocenters. The molecular weight excluding hydrogens is 454 g/mol. The summed E-state index contributed by atoms with van der Waals surface area (Å²) in [6, 6.07) is 13.0. The van der Waals surface area contributed by atoms with Crippen LogP contribution in [-0.2, 0) is 17.8 Å². The molecular formula is C26H26ClN3O4. The Hall–Kier alpha value is -2.97. The number of hydrogen-bond acceptors (Lipinski definition) is 5. The first-order chi connectivity index (χ1) is 16.4. The zero-order valence-electron chi connectivity index (χ0n) is 18.9. The summed E-state index contributed by atoms with van der Waals surface area (Å²) in [7, 11) is 0. The van der Waals surface area contributed by atoms with Gasteiger partial charge < -0.3 is 19.1 Å². The Kier molecular flexibility index (Phi) is 6.27. The predicted octanol–water partition coefficient (Wildman–Crippen LogP) is 3.36. The third-order valence-electron chi connectivity index (χ3n) is 6.35. The number of halogens is 1. The normalized spacial score (nSPS) is 15.7. The van der Waals surface area contributed by atoms with E-state index in [0.29, 0.717) is 30.2 Å². The van der Waals surface area contributed by atoms with Crippen molar-refractivity contribution in [3.8, 4) is 0 Å². The molecule has 34 heavy (non-hydrogen) atoms. The molecule has 3 heterocycles. The third-order valence-corrected chi connectivity index (χ3v) is 6.60. The number of aliphatic hydroxyl groups is 1. The Morgan fingerprint density at radius 3 is 2.59 bits per heavy atom. The standard InChI is InChI=1S/C26H26ClN3O4/c1-17(31)30(15-18-2-4-21(27)5-3-18)26(33)23-16-29-7-6-20-12-19(13-22(24(20)29)25(23)32)14-28-8-10-34-11-9-28/h2-7,12-13,16-17,31H,8-11,14-15H2,1H3/t17-/m0/s1. The van der Waals surface area contributed by atoms with E-state index in [4.69, 9.17) is 16.3 Å². The lowest BCUT2D eigenvalue weighted by Gasteiger charge is -2.27. The lowest BCUT2D eigenvalue weighted by molar-refractivity contribution is 0.0136. The van der Waals surface area contributed by atoms with Gasteiger partial charge in [0.2, 0.25) is 5.43 Å². The molecule has 0 spiro atoms. The fourth-order valence-corrected chi connectivity index (χ4v) is 4.69. The van der Waals surface area contributed by atoms with Crippen LogP contribution in [0.4, 0.5) is 0 Å². The number of aliphatic hydroxyl groups excluding tert-OH is 1. The number of amides is 1. The molecule has 7 nitrogen and oxygen atoms in total. The van der Waals surface area contributed by atoms with Gasteiger partial charge in [0.15, 0.2) is 0 Å². The van der Waals surface area contributed by atoms with Gasteiger partial charge in [-0.05, 0) is 48.4 Å². The highest BCUT2D eigenvalue weighted by atomic mass is 35.5. The fraction of sp³-hybridized carbons (Fsp3) is 0.308. The van der Waals surface area contributed by atoms with Crippen LogP contribution in [0, 0.1) is 0 Å². The second-order valence-electron chi connectivity index (χ2n) is 8.76. The maximum atomic E-state index is 13.5. The Labute approximate surface area is 202 Å². The van der Waals surface area contributed by atoms with E-state index in [1.807, 2.05) is 22.7 Å². The second-order valence-corrected chi connectivity index (χ2v) is 9.19. The summed E-state index contributed by atoms with van der Waals surface area (Å²) in [6.45, 7) is 5.49. The first-order valence-electron chi connectivity index (χ1n) is 11.3. The van der Waals surface area contributed by atoms with Crippen LogP contribution in [0.5, 0.6) is 0 Å². The van der Waals surface area contributed by atoms with Gasteiger partial charge in [0.05, 0.1) is 18.7 Å². The highest BCUT2D eigenvalue weighted by molar-refractivity contribution is 6.30. The van der Waals surface area contributed by atoms with Crippen LogP contribution in [-0.4, -0.2) is 57.7 Å². The van der Waals surface area contributed by atoms with Crippen molar-refractivity contribution >= 4 is 33.8 Å². The van der Waals surface area contributed by atoms with E-state index in [0.717, 1.165) is 35.1 Å². The van der Waals surface area contributed by atoms with Gasteiger partial charge in [-0.15, -0.1) is 0 Å². The minimum Gasteiger partial charge on any atom is -0.379 e. The van der Waals surface area contributed by atoms with Crippen molar-refractivity contribution in [2.75, 3.05) is 26.3 Å². The van der Waals surface area contributed by atoms with E-state index in [-0.39, 0.29) is 17.5 Å². The summed E-state index contributed by atoms with van der Waals surface area (Å²) in [5.41, 5.74) is 2.33. The summed E-state index contributed by atoms with van der Waals surface area (Å²) in [4.78, 5) is 30.6. The Bertz CT molecular complexity index is 1380. The summed E-state index contributed by atoms with van der Waals surface area (Å²) in [5.74, 6) is -0.513. The van der Waals surface area contributed by atoms with Gasteiger partial charge in [-0.3, -0.25) is 14.5 Å². The SMILES string of the molecule is C[C@H](O)N(Cc1ccc(Cl)cc1)C(=O)c1cn2ccc3cc(CN4CCOCC4)cc(c1=O)c32. The number of ether oxygens (including phenoxy) is 1. The van der Waals surface area contributed by atoms with Gasteiger partial charge in [0.25, 0.3) is 5.91 Å². The molecule has 1 saturated heterocycles. The molecule has 8 heteroatoms. The topological polar surface area (TPSA) is 74.5 Å². The van der Waals surface area contributed by atoms with Crippen molar-refractivity contribution in [3.05, 3.63) is 86.8 Å². The van der Waals surface area contributed by atoms with Crippen LogP contribution in [0.2, 0.25) is 5.02 Å². The van der Waals surface area contributed by atoms with Gasteiger partial charge in [-0.25, -0.2) is 0 Å². The van der Waals surface area contributed by atoms with Gasteiger partial charge in [0.1, 0.15) is 11.8 Å². The highest BCUT2D eigenvalue weighted by Crippen LogP contribution is 2.24. The summed E-state index contributed by atoms with van der Waals surface area (Å²) in [5, 5.41) is 12.4. The Balaban J connectivity index is 1.53. The predicted molar refractivity (Wildman–Crippen MR) is 131 cm³/mol. The molecule has 0 radical (unpaired) electrons. The third kappa shape index (κ3) is 4.40. The Morgan fingerprint density at radius 2 is 1.88 bits per heavy atom. The lowest BCUT2D eigenvalue weighted by Crippen LogP contribution is -2.40. The monoisotopic (exact) mass is 479 g/mol. The average Bonchev–Trinajstić information content (AvgIpc) is 3.24. The van der Waals surface area contributed by atoms with Crippen LogP contribution in [0.25, 0.3) is 16.3 Å². The summed E-state index contributed by atoms with van der Waals surface area (Å²) >= 11 is 5.97. The first kappa shape index (κ1) is 22.8. The number of rotatable bonds is 6. The molecule has 5 rings (SSSR count). The molecule has 1 amide bonds. The Morgan fingerprint density at radius 1 is 1.15 bits per heavy atom. The summed E-state index contributed by atoms with van der Waals surface area (Å²) < 4.78 is 7.26. The lowest BCUT2D eigenvalue weighted by atomic mass is 10.0. The van der Waals surface area contributed by atoms with Crippen molar-refractivity contribution in [2.24, 2.45) is 0 Å².